The first-order valence-corrected chi connectivity index (χ1v) is 9.52. The second-order valence-electron chi connectivity index (χ2n) is 5.36. The molecular formula is C13H18N2O3S2. The summed E-state index contributed by atoms with van der Waals surface area (Å²) in [6.45, 7) is 2.93. The highest BCUT2D eigenvalue weighted by Gasteiger charge is 2.34. The lowest BCUT2D eigenvalue weighted by atomic mass is 10.2. The molecule has 2 saturated heterocycles. The molecule has 0 aromatic carbocycles. The molecule has 0 bridgehead atoms. The average Bonchev–Trinajstić information content (AvgIpc) is 3.07. The monoisotopic (exact) mass is 314 g/mol. The molecule has 20 heavy (non-hydrogen) atoms. The molecule has 2 aliphatic heterocycles. The Morgan fingerprint density at radius 3 is 2.55 bits per heavy atom. The number of nitrogens with zero attached hydrogens (tertiary/aromatic N) is 2. The van der Waals surface area contributed by atoms with Crippen molar-refractivity contribution in [3.63, 3.8) is 0 Å². The lowest BCUT2D eigenvalue weighted by Gasteiger charge is -2.37. The molecule has 2 fully saturated rings. The van der Waals surface area contributed by atoms with Gasteiger partial charge in [-0.3, -0.25) is 9.69 Å². The quantitative estimate of drug-likeness (QED) is 0.806. The second-order valence-corrected chi connectivity index (χ2v) is 8.54. The zero-order valence-corrected chi connectivity index (χ0v) is 12.8. The van der Waals surface area contributed by atoms with Gasteiger partial charge in [0.05, 0.1) is 16.4 Å². The van der Waals surface area contributed by atoms with E-state index in [1.165, 1.54) is 11.3 Å². The van der Waals surface area contributed by atoms with E-state index in [9.17, 15) is 13.2 Å². The Balaban J connectivity index is 1.56. The number of thiophene rings is 1. The number of carbonyl (C=O) groups excluding carboxylic acids is 1. The maximum Gasteiger partial charge on any atom is 0.264 e. The molecule has 3 rings (SSSR count). The van der Waals surface area contributed by atoms with Gasteiger partial charge in [0.25, 0.3) is 5.91 Å². The van der Waals surface area contributed by atoms with Gasteiger partial charge < -0.3 is 4.90 Å². The summed E-state index contributed by atoms with van der Waals surface area (Å²) < 4.78 is 23.0. The summed E-state index contributed by atoms with van der Waals surface area (Å²) in [5, 5.41) is 1.91. The minimum absolute atomic E-state index is 0.0960. The van der Waals surface area contributed by atoms with Crippen LogP contribution in [0.4, 0.5) is 0 Å². The average molecular weight is 314 g/mol. The SMILES string of the molecule is O=C(c1cccs1)N1CCN(C2CCS(=O)(=O)C2)CC1. The van der Waals surface area contributed by atoms with Crippen LogP contribution in [0.15, 0.2) is 17.5 Å². The van der Waals surface area contributed by atoms with Crippen molar-refractivity contribution >= 4 is 27.1 Å². The Morgan fingerprint density at radius 2 is 2.00 bits per heavy atom. The fourth-order valence-electron chi connectivity index (χ4n) is 2.91. The molecule has 7 heteroatoms. The number of hydrogen-bond donors (Lipinski definition) is 0. The Bertz CT molecular complexity index is 575. The van der Waals surface area contributed by atoms with Gasteiger partial charge in [-0.1, -0.05) is 6.07 Å². The second kappa shape index (κ2) is 5.46. The van der Waals surface area contributed by atoms with E-state index in [1.54, 1.807) is 0 Å². The van der Waals surface area contributed by atoms with E-state index < -0.39 is 9.84 Å². The fourth-order valence-corrected chi connectivity index (χ4v) is 5.36. The molecule has 0 radical (unpaired) electrons. The highest BCUT2D eigenvalue weighted by Crippen LogP contribution is 2.20. The normalized spacial score (nSPS) is 26.8. The van der Waals surface area contributed by atoms with Crippen molar-refractivity contribution in [2.45, 2.75) is 12.5 Å². The smallest absolute Gasteiger partial charge is 0.264 e. The summed E-state index contributed by atoms with van der Waals surface area (Å²) in [6.07, 6.45) is 0.737. The van der Waals surface area contributed by atoms with Crippen molar-refractivity contribution in [1.29, 1.82) is 0 Å². The molecule has 1 aromatic heterocycles. The van der Waals surface area contributed by atoms with Crippen molar-refractivity contribution in [3.8, 4) is 0 Å². The Morgan fingerprint density at radius 1 is 1.25 bits per heavy atom. The topological polar surface area (TPSA) is 57.7 Å². The van der Waals surface area contributed by atoms with Crippen LogP contribution >= 0.6 is 11.3 Å². The Kier molecular flexibility index (Phi) is 3.83. The van der Waals surface area contributed by atoms with E-state index in [1.807, 2.05) is 22.4 Å². The van der Waals surface area contributed by atoms with Crippen LogP contribution in [0.5, 0.6) is 0 Å². The molecule has 1 atom stereocenters. The summed E-state index contributed by atoms with van der Waals surface area (Å²) in [7, 11) is -2.83. The van der Waals surface area contributed by atoms with Crippen LogP contribution in [-0.2, 0) is 9.84 Å². The molecule has 1 amide bonds. The van der Waals surface area contributed by atoms with Crippen LogP contribution in [0.1, 0.15) is 16.1 Å². The van der Waals surface area contributed by atoms with Gasteiger partial charge in [-0.2, -0.15) is 0 Å². The van der Waals surface area contributed by atoms with Crippen LogP contribution in [0.25, 0.3) is 0 Å². The number of amides is 1. The summed E-state index contributed by atoms with van der Waals surface area (Å²) in [5.41, 5.74) is 0. The molecule has 1 aromatic rings. The highest BCUT2D eigenvalue weighted by molar-refractivity contribution is 7.91. The van der Waals surface area contributed by atoms with Crippen molar-refractivity contribution < 1.29 is 13.2 Å². The molecule has 110 valence electrons. The van der Waals surface area contributed by atoms with Crippen LogP contribution in [0.2, 0.25) is 0 Å². The first-order valence-electron chi connectivity index (χ1n) is 6.82. The van der Waals surface area contributed by atoms with Crippen LogP contribution in [0.3, 0.4) is 0 Å². The van der Waals surface area contributed by atoms with Gasteiger partial charge in [-0.05, 0) is 17.9 Å². The van der Waals surface area contributed by atoms with Crippen LogP contribution in [0, 0.1) is 0 Å². The number of hydrogen-bond acceptors (Lipinski definition) is 5. The van der Waals surface area contributed by atoms with E-state index in [-0.39, 0.29) is 17.7 Å². The maximum atomic E-state index is 12.2. The summed E-state index contributed by atoms with van der Waals surface area (Å²) in [4.78, 5) is 17.1. The maximum absolute atomic E-state index is 12.2. The summed E-state index contributed by atoms with van der Waals surface area (Å²) >= 11 is 1.47. The van der Waals surface area contributed by atoms with Crippen molar-refractivity contribution in [2.75, 3.05) is 37.7 Å². The van der Waals surface area contributed by atoms with Crippen molar-refractivity contribution in [2.24, 2.45) is 0 Å². The number of sulfone groups is 1. The van der Waals surface area contributed by atoms with E-state index >= 15 is 0 Å². The lowest BCUT2D eigenvalue weighted by Crippen LogP contribution is -2.52. The molecule has 2 aliphatic rings. The predicted molar refractivity (Wildman–Crippen MR) is 78.9 cm³/mol. The van der Waals surface area contributed by atoms with Crippen LogP contribution in [-0.4, -0.2) is 67.9 Å². The highest BCUT2D eigenvalue weighted by atomic mass is 32.2. The van der Waals surface area contributed by atoms with Gasteiger partial charge in [0.15, 0.2) is 9.84 Å². The van der Waals surface area contributed by atoms with Gasteiger partial charge >= 0.3 is 0 Å². The molecule has 0 saturated carbocycles. The van der Waals surface area contributed by atoms with Crippen molar-refractivity contribution in [1.82, 2.24) is 9.80 Å². The van der Waals surface area contributed by atoms with Gasteiger partial charge in [-0.25, -0.2) is 8.42 Å². The van der Waals surface area contributed by atoms with E-state index in [4.69, 9.17) is 0 Å². The molecule has 0 N–H and O–H groups in total. The Labute approximate surface area is 123 Å². The first kappa shape index (κ1) is 14.0. The molecule has 3 heterocycles. The standard InChI is InChI=1S/C13H18N2O3S2/c16-13(12-2-1-8-19-12)15-6-4-14(5-7-15)11-3-9-20(17,18)10-11/h1-2,8,11H,3-7,9-10H2. The number of carbonyl (C=O) groups is 1. The van der Waals surface area contributed by atoms with Crippen LogP contribution < -0.4 is 0 Å². The minimum atomic E-state index is -2.83. The molecule has 0 spiro atoms. The summed E-state index contributed by atoms with van der Waals surface area (Å²) in [5.74, 6) is 0.691. The molecule has 0 aliphatic carbocycles. The van der Waals surface area contributed by atoms with E-state index in [2.05, 4.69) is 4.90 Å². The third-order valence-electron chi connectivity index (χ3n) is 4.06. The number of piperazine rings is 1. The third-order valence-corrected chi connectivity index (χ3v) is 6.67. The van der Waals surface area contributed by atoms with Gasteiger partial charge in [0, 0.05) is 32.2 Å². The first-order chi connectivity index (χ1) is 9.55. The summed E-state index contributed by atoms with van der Waals surface area (Å²) in [6, 6.07) is 3.89. The third kappa shape index (κ3) is 2.89. The number of rotatable bonds is 2. The van der Waals surface area contributed by atoms with Gasteiger partial charge in [-0.15, -0.1) is 11.3 Å². The lowest BCUT2D eigenvalue weighted by molar-refractivity contribution is 0.0592. The van der Waals surface area contributed by atoms with E-state index in [0.29, 0.717) is 18.8 Å². The fraction of sp³-hybridized carbons (Fsp3) is 0.615. The zero-order chi connectivity index (χ0) is 14.2. The minimum Gasteiger partial charge on any atom is -0.335 e. The zero-order valence-electron chi connectivity index (χ0n) is 11.2. The molecular weight excluding hydrogens is 296 g/mol. The van der Waals surface area contributed by atoms with Gasteiger partial charge in [0.2, 0.25) is 0 Å². The largest absolute Gasteiger partial charge is 0.335 e. The molecule has 5 nitrogen and oxygen atoms in total. The van der Waals surface area contributed by atoms with Crippen molar-refractivity contribution in [3.05, 3.63) is 22.4 Å². The van der Waals surface area contributed by atoms with Gasteiger partial charge in [0.1, 0.15) is 0 Å². The molecule has 1 unspecified atom stereocenters. The van der Waals surface area contributed by atoms with E-state index in [0.717, 1.165) is 24.4 Å². The Hall–Kier alpha value is -0.920. The predicted octanol–water partition coefficient (Wildman–Crippen LogP) is 0.693.